The van der Waals surface area contributed by atoms with Crippen molar-refractivity contribution in [2.24, 2.45) is 0 Å². The lowest BCUT2D eigenvalue weighted by atomic mass is 10.1. The van der Waals surface area contributed by atoms with Gasteiger partial charge in [-0.05, 0) is 82.5 Å². The first-order chi connectivity index (χ1) is 23.8. The van der Waals surface area contributed by atoms with Gasteiger partial charge in [0.05, 0.1) is 18.0 Å². The lowest BCUT2D eigenvalue weighted by Gasteiger charge is -2.45. The zero-order chi connectivity index (χ0) is 34.2. The van der Waals surface area contributed by atoms with Crippen LogP contribution in [0, 0.1) is 0 Å². The van der Waals surface area contributed by atoms with E-state index in [9.17, 15) is 0 Å². The van der Waals surface area contributed by atoms with Gasteiger partial charge in [0.1, 0.15) is 23.2 Å². The molecular formula is C45H47NOPSi+. The van der Waals surface area contributed by atoms with Crippen molar-refractivity contribution in [3.8, 4) is 0 Å². The number of hydrogen-bond acceptors (Lipinski definition) is 2. The van der Waals surface area contributed by atoms with Gasteiger partial charge < -0.3 is 4.43 Å². The Morgan fingerprint density at radius 3 is 1.41 bits per heavy atom. The zero-order valence-electron chi connectivity index (χ0n) is 29.1. The van der Waals surface area contributed by atoms with Crippen LogP contribution in [0.5, 0.6) is 0 Å². The van der Waals surface area contributed by atoms with E-state index in [0.717, 1.165) is 18.3 Å². The Bertz CT molecular complexity index is 1770. The van der Waals surface area contributed by atoms with Crippen LogP contribution in [0.15, 0.2) is 182 Å². The van der Waals surface area contributed by atoms with Gasteiger partial charge in [0.2, 0.25) is 0 Å². The summed E-state index contributed by atoms with van der Waals surface area (Å²) < 4.78 is 7.97. The maximum atomic E-state index is 7.97. The van der Waals surface area contributed by atoms with Crippen LogP contribution in [0.2, 0.25) is 5.04 Å². The first-order valence-corrected chi connectivity index (χ1v) is 21.2. The average molecular weight is 677 g/mol. The maximum Gasteiger partial charge on any atom is 0.261 e. The van der Waals surface area contributed by atoms with E-state index in [1.807, 2.05) is 12.3 Å². The Labute approximate surface area is 295 Å². The maximum absolute atomic E-state index is 7.97. The van der Waals surface area contributed by atoms with Crippen molar-refractivity contribution < 1.29 is 4.43 Å². The lowest BCUT2D eigenvalue weighted by Crippen LogP contribution is -2.67. The summed E-state index contributed by atoms with van der Waals surface area (Å²) in [5, 5.41) is 6.61. The van der Waals surface area contributed by atoms with Crippen LogP contribution in [0.3, 0.4) is 0 Å². The van der Waals surface area contributed by atoms with Gasteiger partial charge in [-0.25, -0.2) is 0 Å². The molecule has 2 nitrogen and oxygen atoms in total. The SMILES string of the molecule is CC(=Cc1ccccn1)[C@H](CC[P+](c1ccccc1)(c1ccccc1)c1ccccc1)O[Si](c1ccccc1)(c1ccccc1)C(C)(C)C. The number of nitrogens with zero attached hydrogens (tertiary/aromatic N) is 1. The van der Waals surface area contributed by atoms with E-state index in [4.69, 9.17) is 9.41 Å². The minimum absolute atomic E-state index is 0.149. The van der Waals surface area contributed by atoms with Crippen LogP contribution in [0.4, 0.5) is 0 Å². The Hall–Kier alpha value is -4.40. The largest absolute Gasteiger partial charge is 0.401 e. The third-order valence-electron chi connectivity index (χ3n) is 9.62. The first-order valence-electron chi connectivity index (χ1n) is 17.3. The molecule has 0 fully saturated rings. The predicted octanol–water partition coefficient (Wildman–Crippen LogP) is 8.81. The van der Waals surface area contributed by atoms with Crippen molar-refractivity contribution >= 4 is 47.9 Å². The molecule has 0 aliphatic carbocycles. The molecule has 0 aliphatic rings. The quantitative estimate of drug-likeness (QED) is 0.0955. The van der Waals surface area contributed by atoms with Crippen LogP contribution in [0.1, 0.15) is 39.8 Å². The van der Waals surface area contributed by atoms with Gasteiger partial charge in [-0.1, -0.05) is 142 Å². The number of rotatable bonds is 12. The summed E-state index contributed by atoms with van der Waals surface area (Å²) in [6.07, 6.45) is 5.76. The molecule has 0 spiro atoms. The Balaban J connectivity index is 1.55. The molecule has 1 atom stereocenters. The first kappa shape index (κ1) is 34.5. The molecule has 0 N–H and O–H groups in total. The minimum atomic E-state index is -2.88. The fourth-order valence-corrected chi connectivity index (χ4v) is 16.3. The van der Waals surface area contributed by atoms with Gasteiger partial charge in [0.15, 0.2) is 0 Å². The summed E-state index contributed by atoms with van der Waals surface area (Å²) in [6, 6.07) is 61.7. The van der Waals surface area contributed by atoms with Crippen LogP contribution in [-0.2, 0) is 4.43 Å². The molecule has 0 unspecified atom stereocenters. The van der Waals surface area contributed by atoms with E-state index >= 15 is 0 Å². The molecule has 6 rings (SSSR count). The van der Waals surface area contributed by atoms with Gasteiger partial charge in [0, 0.05) is 12.6 Å². The summed E-state index contributed by atoms with van der Waals surface area (Å²) in [4.78, 5) is 4.70. The Morgan fingerprint density at radius 2 is 1.02 bits per heavy atom. The summed E-state index contributed by atoms with van der Waals surface area (Å²) in [6.45, 7) is 9.33. The molecule has 0 radical (unpaired) electrons. The smallest absolute Gasteiger partial charge is 0.261 e. The molecule has 1 aromatic heterocycles. The van der Waals surface area contributed by atoms with E-state index in [1.54, 1.807) is 0 Å². The fraction of sp³-hybridized carbons (Fsp3) is 0.178. The normalized spacial score (nSPS) is 13.2. The van der Waals surface area contributed by atoms with E-state index in [-0.39, 0.29) is 11.1 Å². The van der Waals surface area contributed by atoms with Gasteiger partial charge in [0.25, 0.3) is 8.32 Å². The Kier molecular flexibility index (Phi) is 10.9. The van der Waals surface area contributed by atoms with E-state index < -0.39 is 15.6 Å². The van der Waals surface area contributed by atoms with Crippen molar-refractivity contribution in [1.29, 1.82) is 0 Å². The summed E-state index contributed by atoms with van der Waals surface area (Å²) in [7, 11) is -4.96. The van der Waals surface area contributed by atoms with E-state index in [2.05, 4.69) is 198 Å². The number of pyridine rings is 1. The molecule has 246 valence electrons. The molecule has 0 bridgehead atoms. The highest BCUT2D eigenvalue weighted by molar-refractivity contribution is 7.95. The van der Waals surface area contributed by atoms with Crippen LogP contribution < -0.4 is 26.3 Å². The second-order valence-electron chi connectivity index (χ2n) is 13.7. The highest BCUT2D eigenvalue weighted by atomic mass is 31.2. The van der Waals surface area contributed by atoms with Crippen LogP contribution in [0.25, 0.3) is 6.08 Å². The topological polar surface area (TPSA) is 22.1 Å². The van der Waals surface area contributed by atoms with Crippen molar-refractivity contribution in [2.45, 2.75) is 45.3 Å². The molecule has 0 saturated heterocycles. The molecule has 4 heteroatoms. The second kappa shape index (κ2) is 15.4. The molecule has 0 amide bonds. The van der Waals surface area contributed by atoms with Crippen molar-refractivity contribution in [2.75, 3.05) is 6.16 Å². The highest BCUT2D eigenvalue weighted by Crippen LogP contribution is 2.56. The number of hydrogen-bond donors (Lipinski definition) is 0. The van der Waals surface area contributed by atoms with Gasteiger partial charge in [-0.2, -0.15) is 0 Å². The number of aromatic nitrogens is 1. The summed E-state index contributed by atoms with van der Waals surface area (Å²) in [5.74, 6) is 0. The molecule has 1 heterocycles. The van der Waals surface area contributed by atoms with Crippen LogP contribution >= 0.6 is 7.26 Å². The summed E-state index contributed by atoms with van der Waals surface area (Å²) in [5.41, 5.74) is 2.14. The van der Waals surface area contributed by atoms with Crippen molar-refractivity contribution in [3.05, 3.63) is 187 Å². The van der Waals surface area contributed by atoms with E-state index in [0.29, 0.717) is 0 Å². The standard InChI is InChI=1S/C45H47NOPSi/c1-37(36-38-22-20-21-34-46-38)44(47-49(45(2,3)4,42-29-16-8-17-30-42)43-31-18-9-19-32-43)33-35-48(39-23-10-5-11-24-39,40-25-12-6-13-26-40)41-27-14-7-15-28-41/h5-32,34,36,44H,33,35H2,1-4H3/q+1/t44-/m0/s1. The molecule has 0 aliphatic heterocycles. The predicted molar refractivity (Wildman–Crippen MR) is 215 cm³/mol. The van der Waals surface area contributed by atoms with Gasteiger partial charge in [-0.3, -0.25) is 4.98 Å². The fourth-order valence-electron chi connectivity index (χ4n) is 7.26. The summed E-state index contributed by atoms with van der Waals surface area (Å²) >= 11 is 0. The third-order valence-corrected chi connectivity index (χ3v) is 19.1. The Morgan fingerprint density at radius 1 is 0.612 bits per heavy atom. The molecular weight excluding hydrogens is 630 g/mol. The van der Waals surface area contributed by atoms with E-state index in [1.165, 1.54) is 31.9 Å². The van der Waals surface area contributed by atoms with Crippen molar-refractivity contribution in [3.63, 3.8) is 0 Å². The lowest BCUT2D eigenvalue weighted by molar-refractivity contribution is 0.219. The number of benzene rings is 5. The average Bonchev–Trinajstić information content (AvgIpc) is 3.15. The second-order valence-corrected chi connectivity index (χ2v) is 21.6. The third kappa shape index (κ3) is 7.31. The van der Waals surface area contributed by atoms with Gasteiger partial charge >= 0.3 is 0 Å². The monoisotopic (exact) mass is 676 g/mol. The molecule has 6 aromatic rings. The molecule has 49 heavy (non-hydrogen) atoms. The molecule has 0 saturated carbocycles. The van der Waals surface area contributed by atoms with Crippen LogP contribution in [-0.4, -0.2) is 25.6 Å². The molecule has 5 aromatic carbocycles. The zero-order valence-corrected chi connectivity index (χ0v) is 31.0. The minimum Gasteiger partial charge on any atom is -0.401 e. The van der Waals surface area contributed by atoms with Crippen molar-refractivity contribution in [1.82, 2.24) is 4.98 Å². The highest BCUT2D eigenvalue weighted by Gasteiger charge is 2.52. The van der Waals surface area contributed by atoms with Gasteiger partial charge in [-0.15, -0.1) is 0 Å².